The molecule has 0 heterocycles. The van der Waals surface area contributed by atoms with Gasteiger partial charge in [0.1, 0.15) is 6.04 Å². The smallest absolute Gasteiger partial charge is 0.328 e. The van der Waals surface area contributed by atoms with Crippen molar-refractivity contribution in [3.8, 4) is 0 Å². The van der Waals surface area contributed by atoms with Crippen LogP contribution in [0, 0.1) is 12.8 Å². The average molecular weight is 303 g/mol. The third kappa shape index (κ3) is 4.58. The van der Waals surface area contributed by atoms with E-state index in [0.717, 1.165) is 31.2 Å². The lowest BCUT2D eigenvalue weighted by Gasteiger charge is -2.24. The monoisotopic (exact) mass is 303 g/mol. The highest BCUT2D eigenvalue weighted by Crippen LogP contribution is 2.24. The van der Waals surface area contributed by atoms with Gasteiger partial charge >= 0.3 is 5.97 Å². The van der Waals surface area contributed by atoms with E-state index in [2.05, 4.69) is 5.32 Å². The second-order valence-electron chi connectivity index (χ2n) is 6.11. The van der Waals surface area contributed by atoms with Gasteiger partial charge in [-0.1, -0.05) is 49.1 Å². The Kier molecular flexibility index (Phi) is 5.99. The number of carbonyl (C=O) groups excluding carboxylic acids is 2. The molecule has 1 aliphatic rings. The molecule has 1 atom stereocenters. The normalized spacial score (nSPS) is 16.8. The van der Waals surface area contributed by atoms with Gasteiger partial charge in [-0.2, -0.15) is 0 Å². The standard InChI is InChI=1S/C18H25NO3/c1-13-8-10-14(11-9-13)12-16(18(21)22-2)19-17(20)15-6-4-3-5-7-15/h8-11,15-16H,3-7,12H2,1-2H3,(H,19,20)/t16-/m0/s1. The van der Waals surface area contributed by atoms with Gasteiger partial charge in [0, 0.05) is 12.3 Å². The molecule has 1 aromatic carbocycles. The molecule has 0 aromatic heterocycles. The number of ether oxygens (including phenoxy) is 1. The summed E-state index contributed by atoms with van der Waals surface area (Å²) in [5.74, 6) is -0.356. The van der Waals surface area contributed by atoms with Gasteiger partial charge in [-0.15, -0.1) is 0 Å². The molecule has 1 N–H and O–H groups in total. The molecule has 0 spiro atoms. The van der Waals surface area contributed by atoms with Crippen LogP contribution in [0.5, 0.6) is 0 Å². The summed E-state index contributed by atoms with van der Waals surface area (Å²) in [5.41, 5.74) is 2.19. The minimum atomic E-state index is -0.609. The first kappa shape index (κ1) is 16.5. The van der Waals surface area contributed by atoms with Crippen LogP contribution in [0.25, 0.3) is 0 Å². The van der Waals surface area contributed by atoms with E-state index < -0.39 is 6.04 Å². The zero-order valence-electron chi connectivity index (χ0n) is 13.4. The molecule has 1 saturated carbocycles. The summed E-state index contributed by atoms with van der Waals surface area (Å²) in [6.07, 6.45) is 5.70. The molecule has 4 heteroatoms. The first-order valence-electron chi connectivity index (χ1n) is 8.04. The SMILES string of the molecule is COC(=O)[C@H](Cc1ccc(C)cc1)NC(=O)C1CCCCC1. The summed E-state index contributed by atoms with van der Waals surface area (Å²) in [5, 5.41) is 2.89. The van der Waals surface area contributed by atoms with Crippen LogP contribution in [0.2, 0.25) is 0 Å². The van der Waals surface area contributed by atoms with Gasteiger partial charge in [-0.3, -0.25) is 4.79 Å². The Hall–Kier alpha value is -1.84. The van der Waals surface area contributed by atoms with Gasteiger partial charge in [-0.25, -0.2) is 4.79 Å². The van der Waals surface area contributed by atoms with Gasteiger partial charge < -0.3 is 10.1 Å². The quantitative estimate of drug-likeness (QED) is 0.851. The van der Waals surface area contributed by atoms with Crippen molar-refractivity contribution in [3.05, 3.63) is 35.4 Å². The summed E-state index contributed by atoms with van der Waals surface area (Å²) in [6.45, 7) is 2.02. The largest absolute Gasteiger partial charge is 0.467 e. The van der Waals surface area contributed by atoms with Crippen LogP contribution in [-0.4, -0.2) is 25.0 Å². The Balaban J connectivity index is 2.00. The van der Waals surface area contributed by atoms with E-state index >= 15 is 0 Å². The Morgan fingerprint density at radius 3 is 2.41 bits per heavy atom. The van der Waals surface area contributed by atoms with Gasteiger partial charge in [0.25, 0.3) is 0 Å². The Bertz CT molecular complexity index is 504. The van der Waals surface area contributed by atoms with Crippen molar-refractivity contribution in [2.24, 2.45) is 5.92 Å². The Labute approximate surface area is 132 Å². The lowest BCUT2D eigenvalue weighted by atomic mass is 9.88. The highest BCUT2D eigenvalue weighted by atomic mass is 16.5. The topological polar surface area (TPSA) is 55.4 Å². The van der Waals surface area contributed by atoms with Crippen molar-refractivity contribution < 1.29 is 14.3 Å². The third-order valence-electron chi connectivity index (χ3n) is 4.34. The van der Waals surface area contributed by atoms with Crippen LogP contribution in [0.15, 0.2) is 24.3 Å². The fraction of sp³-hybridized carbons (Fsp3) is 0.556. The summed E-state index contributed by atoms with van der Waals surface area (Å²) >= 11 is 0. The van der Waals surface area contributed by atoms with E-state index in [1.807, 2.05) is 31.2 Å². The predicted octanol–water partition coefficient (Wildman–Crippen LogP) is 2.78. The van der Waals surface area contributed by atoms with E-state index in [1.54, 1.807) is 0 Å². The van der Waals surface area contributed by atoms with Crippen molar-refractivity contribution in [3.63, 3.8) is 0 Å². The molecule has 0 aliphatic heterocycles. The molecular formula is C18H25NO3. The van der Waals surface area contributed by atoms with Crippen molar-refractivity contribution in [2.45, 2.75) is 51.5 Å². The molecular weight excluding hydrogens is 278 g/mol. The lowest BCUT2D eigenvalue weighted by Crippen LogP contribution is -2.45. The molecule has 22 heavy (non-hydrogen) atoms. The number of methoxy groups -OCH3 is 1. The Morgan fingerprint density at radius 1 is 1.18 bits per heavy atom. The fourth-order valence-corrected chi connectivity index (χ4v) is 2.95. The molecule has 1 amide bonds. The second-order valence-corrected chi connectivity index (χ2v) is 6.11. The van der Waals surface area contributed by atoms with Crippen molar-refractivity contribution in [2.75, 3.05) is 7.11 Å². The van der Waals surface area contributed by atoms with E-state index in [1.165, 1.54) is 19.1 Å². The van der Waals surface area contributed by atoms with E-state index in [9.17, 15) is 9.59 Å². The predicted molar refractivity (Wildman–Crippen MR) is 85.4 cm³/mol. The van der Waals surface area contributed by atoms with E-state index in [-0.39, 0.29) is 17.8 Å². The van der Waals surface area contributed by atoms with Gasteiger partial charge in [-0.05, 0) is 25.3 Å². The molecule has 1 fully saturated rings. The molecule has 0 radical (unpaired) electrons. The highest BCUT2D eigenvalue weighted by Gasteiger charge is 2.27. The minimum absolute atomic E-state index is 0.0118. The number of amides is 1. The van der Waals surface area contributed by atoms with Crippen LogP contribution in [0.4, 0.5) is 0 Å². The molecule has 1 aliphatic carbocycles. The molecule has 0 bridgehead atoms. The second kappa shape index (κ2) is 7.97. The molecule has 0 unspecified atom stereocenters. The number of benzene rings is 1. The fourth-order valence-electron chi connectivity index (χ4n) is 2.95. The first-order chi connectivity index (χ1) is 10.6. The van der Waals surface area contributed by atoms with Crippen LogP contribution >= 0.6 is 0 Å². The van der Waals surface area contributed by atoms with Crippen LogP contribution in [-0.2, 0) is 20.7 Å². The third-order valence-corrected chi connectivity index (χ3v) is 4.34. The maximum absolute atomic E-state index is 12.4. The van der Waals surface area contributed by atoms with Crippen LogP contribution < -0.4 is 5.32 Å². The summed E-state index contributed by atoms with van der Waals surface area (Å²) in [7, 11) is 1.36. The van der Waals surface area contributed by atoms with Crippen LogP contribution in [0.1, 0.15) is 43.2 Å². The van der Waals surface area contributed by atoms with Crippen LogP contribution in [0.3, 0.4) is 0 Å². The number of esters is 1. The zero-order valence-corrected chi connectivity index (χ0v) is 13.4. The number of rotatable bonds is 5. The molecule has 0 saturated heterocycles. The number of nitrogens with one attached hydrogen (secondary N) is 1. The number of aryl methyl sites for hydroxylation is 1. The maximum atomic E-state index is 12.4. The first-order valence-corrected chi connectivity index (χ1v) is 8.04. The maximum Gasteiger partial charge on any atom is 0.328 e. The van der Waals surface area contributed by atoms with Crippen molar-refractivity contribution in [1.29, 1.82) is 0 Å². The lowest BCUT2D eigenvalue weighted by molar-refractivity contribution is -0.145. The molecule has 120 valence electrons. The number of hydrogen-bond acceptors (Lipinski definition) is 3. The zero-order chi connectivity index (χ0) is 15.9. The molecule has 1 aromatic rings. The van der Waals surface area contributed by atoms with E-state index in [4.69, 9.17) is 4.74 Å². The minimum Gasteiger partial charge on any atom is -0.467 e. The van der Waals surface area contributed by atoms with E-state index in [0.29, 0.717) is 6.42 Å². The molecule has 4 nitrogen and oxygen atoms in total. The van der Waals surface area contributed by atoms with Gasteiger partial charge in [0.15, 0.2) is 0 Å². The average Bonchev–Trinajstić information content (AvgIpc) is 2.56. The van der Waals surface area contributed by atoms with Crippen molar-refractivity contribution in [1.82, 2.24) is 5.32 Å². The van der Waals surface area contributed by atoms with Gasteiger partial charge in [0.05, 0.1) is 7.11 Å². The van der Waals surface area contributed by atoms with Gasteiger partial charge in [0.2, 0.25) is 5.91 Å². The number of hydrogen-bond donors (Lipinski definition) is 1. The number of carbonyl (C=O) groups is 2. The summed E-state index contributed by atoms with van der Waals surface area (Å²) in [6, 6.07) is 7.37. The Morgan fingerprint density at radius 2 is 1.82 bits per heavy atom. The molecule has 2 rings (SSSR count). The van der Waals surface area contributed by atoms with Crippen molar-refractivity contribution >= 4 is 11.9 Å². The summed E-state index contributed by atoms with van der Waals surface area (Å²) in [4.78, 5) is 24.3. The highest BCUT2D eigenvalue weighted by molar-refractivity contribution is 5.86. The summed E-state index contributed by atoms with van der Waals surface area (Å²) < 4.78 is 4.84.